The van der Waals surface area contributed by atoms with Crippen LogP contribution < -0.4 is 5.32 Å². The van der Waals surface area contributed by atoms with Crippen LogP contribution in [0.1, 0.15) is 30.8 Å². The molecular formula is C15H21N3O. The second-order valence-corrected chi connectivity index (χ2v) is 5.20. The molecule has 4 nitrogen and oxygen atoms in total. The van der Waals surface area contributed by atoms with Crippen LogP contribution in [-0.2, 0) is 11.3 Å². The first-order valence-electron chi connectivity index (χ1n) is 7.07. The van der Waals surface area contributed by atoms with Crippen molar-refractivity contribution in [3.63, 3.8) is 0 Å². The molecule has 1 atom stereocenters. The van der Waals surface area contributed by atoms with Crippen LogP contribution in [0.5, 0.6) is 0 Å². The molecule has 0 spiro atoms. The van der Waals surface area contributed by atoms with E-state index in [1.165, 1.54) is 11.1 Å². The molecule has 1 N–H and O–H groups in total. The maximum absolute atomic E-state index is 5.57. The molecule has 1 aliphatic heterocycles. The van der Waals surface area contributed by atoms with Gasteiger partial charge in [0.15, 0.2) is 0 Å². The summed E-state index contributed by atoms with van der Waals surface area (Å²) in [5.41, 5.74) is 3.58. The van der Waals surface area contributed by atoms with Crippen molar-refractivity contribution in [2.45, 2.75) is 32.9 Å². The third-order valence-corrected chi connectivity index (χ3v) is 3.61. The summed E-state index contributed by atoms with van der Waals surface area (Å²) >= 11 is 0. The van der Waals surface area contributed by atoms with Crippen molar-refractivity contribution in [2.75, 3.05) is 19.8 Å². The maximum Gasteiger partial charge on any atom is 0.129 e. The second kappa shape index (κ2) is 5.31. The number of aromatic nitrogens is 2. The van der Waals surface area contributed by atoms with Gasteiger partial charge < -0.3 is 14.6 Å². The van der Waals surface area contributed by atoms with E-state index in [1.54, 1.807) is 0 Å². The Kier molecular flexibility index (Phi) is 3.53. The largest absolute Gasteiger partial charge is 0.378 e. The minimum absolute atomic E-state index is 0.216. The molecule has 102 valence electrons. The van der Waals surface area contributed by atoms with Gasteiger partial charge in [-0.15, -0.1) is 0 Å². The van der Waals surface area contributed by atoms with Crippen LogP contribution in [-0.4, -0.2) is 29.3 Å². The van der Waals surface area contributed by atoms with Gasteiger partial charge in [0.05, 0.1) is 30.3 Å². The first-order valence-corrected chi connectivity index (χ1v) is 7.07. The summed E-state index contributed by atoms with van der Waals surface area (Å²) in [5, 5.41) is 3.50. The minimum Gasteiger partial charge on any atom is -0.378 e. The average molecular weight is 259 g/mol. The molecule has 19 heavy (non-hydrogen) atoms. The number of morpholine rings is 1. The second-order valence-electron chi connectivity index (χ2n) is 5.20. The summed E-state index contributed by atoms with van der Waals surface area (Å²) in [6.45, 7) is 7.73. The summed E-state index contributed by atoms with van der Waals surface area (Å²) in [6, 6.07) is 6.72. The molecule has 1 unspecified atom stereocenters. The van der Waals surface area contributed by atoms with Crippen LogP contribution >= 0.6 is 0 Å². The third-order valence-electron chi connectivity index (χ3n) is 3.61. The normalized spacial score (nSPS) is 20.0. The Labute approximate surface area is 113 Å². The fraction of sp³-hybridized carbons (Fsp3) is 0.533. The van der Waals surface area contributed by atoms with Crippen LogP contribution in [0.25, 0.3) is 11.0 Å². The van der Waals surface area contributed by atoms with E-state index < -0.39 is 0 Å². The number of rotatable bonds is 3. The van der Waals surface area contributed by atoms with Crippen LogP contribution in [0, 0.1) is 6.92 Å². The van der Waals surface area contributed by atoms with E-state index in [2.05, 4.69) is 41.9 Å². The van der Waals surface area contributed by atoms with E-state index in [0.717, 1.165) is 37.5 Å². The number of fused-ring (bicyclic) bond motifs is 1. The predicted molar refractivity (Wildman–Crippen MR) is 76.3 cm³/mol. The van der Waals surface area contributed by atoms with Crippen LogP contribution in [0.3, 0.4) is 0 Å². The number of imidazole rings is 1. The number of nitrogens with one attached hydrogen (secondary N) is 1. The molecule has 2 heterocycles. The zero-order valence-corrected chi connectivity index (χ0v) is 11.6. The van der Waals surface area contributed by atoms with E-state index >= 15 is 0 Å². The fourth-order valence-electron chi connectivity index (χ4n) is 2.71. The van der Waals surface area contributed by atoms with E-state index in [-0.39, 0.29) is 6.04 Å². The molecule has 0 bridgehead atoms. The lowest BCUT2D eigenvalue weighted by molar-refractivity contribution is 0.0732. The quantitative estimate of drug-likeness (QED) is 0.920. The van der Waals surface area contributed by atoms with Crippen LogP contribution in [0.15, 0.2) is 18.2 Å². The highest BCUT2D eigenvalue weighted by Gasteiger charge is 2.22. The molecule has 0 aliphatic carbocycles. The number of nitrogens with zero attached hydrogens (tertiary/aromatic N) is 2. The topological polar surface area (TPSA) is 39.1 Å². The lowest BCUT2D eigenvalue weighted by Crippen LogP contribution is -2.36. The number of ether oxygens (including phenoxy) is 1. The summed E-state index contributed by atoms with van der Waals surface area (Å²) in [4.78, 5) is 4.84. The molecule has 1 aromatic heterocycles. The average Bonchev–Trinajstić information content (AvgIpc) is 2.78. The minimum atomic E-state index is 0.216. The van der Waals surface area contributed by atoms with Crippen molar-refractivity contribution in [2.24, 2.45) is 0 Å². The van der Waals surface area contributed by atoms with Gasteiger partial charge in [-0.3, -0.25) is 0 Å². The van der Waals surface area contributed by atoms with Gasteiger partial charge in [-0.1, -0.05) is 13.0 Å². The third kappa shape index (κ3) is 2.38. The molecule has 1 saturated heterocycles. The van der Waals surface area contributed by atoms with Gasteiger partial charge in [0.1, 0.15) is 5.82 Å². The highest BCUT2D eigenvalue weighted by Crippen LogP contribution is 2.23. The Morgan fingerprint density at radius 2 is 2.37 bits per heavy atom. The first-order chi connectivity index (χ1) is 9.29. The van der Waals surface area contributed by atoms with Gasteiger partial charge in [0.2, 0.25) is 0 Å². The molecule has 4 heteroatoms. The highest BCUT2D eigenvalue weighted by molar-refractivity contribution is 5.77. The van der Waals surface area contributed by atoms with Gasteiger partial charge in [-0.05, 0) is 31.0 Å². The van der Waals surface area contributed by atoms with E-state index in [1.807, 2.05) is 0 Å². The Balaban J connectivity index is 2.08. The molecular weight excluding hydrogens is 238 g/mol. The lowest BCUT2D eigenvalue weighted by atomic mass is 10.2. The first kappa shape index (κ1) is 12.6. The predicted octanol–water partition coefficient (Wildman–Crippen LogP) is 2.42. The molecule has 2 aromatic rings. The van der Waals surface area contributed by atoms with Crippen molar-refractivity contribution in [1.82, 2.24) is 14.9 Å². The number of hydrogen-bond acceptors (Lipinski definition) is 3. The van der Waals surface area contributed by atoms with E-state index in [4.69, 9.17) is 9.72 Å². The standard InChI is InChI=1S/C15H21N3O/c1-3-7-18-14-5-4-11(2)9-12(14)17-15(18)13-10-19-8-6-16-13/h4-5,9,13,16H,3,6-8,10H2,1-2H3. The summed E-state index contributed by atoms with van der Waals surface area (Å²) in [7, 11) is 0. The van der Waals surface area contributed by atoms with Gasteiger partial charge in [-0.2, -0.15) is 0 Å². The maximum atomic E-state index is 5.57. The molecule has 0 saturated carbocycles. The molecule has 3 rings (SSSR count). The zero-order valence-electron chi connectivity index (χ0n) is 11.6. The van der Waals surface area contributed by atoms with Gasteiger partial charge in [0.25, 0.3) is 0 Å². The van der Waals surface area contributed by atoms with Crippen LogP contribution in [0.4, 0.5) is 0 Å². The molecule has 1 fully saturated rings. The van der Waals surface area contributed by atoms with Gasteiger partial charge >= 0.3 is 0 Å². The number of benzene rings is 1. The fourth-order valence-corrected chi connectivity index (χ4v) is 2.71. The highest BCUT2D eigenvalue weighted by atomic mass is 16.5. The van der Waals surface area contributed by atoms with Crippen molar-refractivity contribution in [3.05, 3.63) is 29.6 Å². The van der Waals surface area contributed by atoms with Crippen molar-refractivity contribution >= 4 is 11.0 Å². The molecule has 0 amide bonds. The summed E-state index contributed by atoms with van der Waals surface area (Å²) in [6.07, 6.45) is 1.11. The smallest absolute Gasteiger partial charge is 0.129 e. The Bertz CT molecular complexity index is 570. The Morgan fingerprint density at radius 3 is 3.11 bits per heavy atom. The number of hydrogen-bond donors (Lipinski definition) is 1. The van der Waals surface area contributed by atoms with E-state index in [0.29, 0.717) is 6.61 Å². The SMILES string of the molecule is CCCn1c(C2COCCN2)nc2cc(C)ccc21. The molecule has 1 aliphatic rings. The lowest BCUT2D eigenvalue weighted by Gasteiger charge is -2.24. The van der Waals surface area contributed by atoms with Gasteiger partial charge in [0, 0.05) is 13.1 Å². The van der Waals surface area contributed by atoms with Crippen LogP contribution in [0.2, 0.25) is 0 Å². The Hall–Kier alpha value is -1.39. The monoisotopic (exact) mass is 259 g/mol. The van der Waals surface area contributed by atoms with Crippen molar-refractivity contribution < 1.29 is 4.74 Å². The Morgan fingerprint density at radius 1 is 1.47 bits per heavy atom. The van der Waals surface area contributed by atoms with Crippen molar-refractivity contribution in [1.29, 1.82) is 0 Å². The van der Waals surface area contributed by atoms with Gasteiger partial charge in [-0.25, -0.2) is 4.98 Å². The number of aryl methyl sites for hydroxylation is 2. The molecule has 0 radical (unpaired) electrons. The molecule has 1 aromatic carbocycles. The summed E-state index contributed by atoms with van der Waals surface area (Å²) < 4.78 is 7.91. The van der Waals surface area contributed by atoms with E-state index in [9.17, 15) is 0 Å². The van der Waals surface area contributed by atoms with Crippen molar-refractivity contribution in [3.8, 4) is 0 Å². The summed E-state index contributed by atoms with van der Waals surface area (Å²) in [5.74, 6) is 1.11. The zero-order chi connectivity index (χ0) is 13.2.